The highest BCUT2D eigenvalue weighted by atomic mass is 32.2. The smallest absolute Gasteiger partial charge is 0.127 e. The summed E-state index contributed by atoms with van der Waals surface area (Å²) < 4.78 is 0. The second kappa shape index (κ2) is 7.94. The monoisotopic (exact) mass is 269 g/mol. The lowest BCUT2D eigenvalue weighted by atomic mass is 10.4. The average molecular weight is 269 g/mol. The zero-order chi connectivity index (χ0) is 13.4. The molecule has 5 nitrogen and oxygen atoms in total. The normalized spacial score (nSPS) is 10.2. The molecule has 0 aromatic carbocycles. The van der Waals surface area contributed by atoms with Crippen molar-refractivity contribution in [2.24, 2.45) is 0 Å². The molecule has 0 radical (unpaired) electrons. The summed E-state index contributed by atoms with van der Waals surface area (Å²) in [7, 11) is 3.92. The summed E-state index contributed by atoms with van der Waals surface area (Å²) in [6.07, 6.45) is 3.26. The maximum Gasteiger partial charge on any atom is 0.127 e. The Morgan fingerprint density at radius 1 is 1.56 bits per heavy atom. The summed E-state index contributed by atoms with van der Waals surface area (Å²) in [6, 6.07) is 1.94. The standard InChI is InChI=1S/C12H19N3O2S/c1-15(2)10-9-14-12(13-4-6-17)8-11(10)18-7-3-5-16/h5,8-9,17H,3-4,6-7H2,1-2H3,(H,13,14). The number of thioether (sulfide) groups is 1. The maximum atomic E-state index is 10.3. The molecule has 0 spiro atoms. The number of hydrogen-bond acceptors (Lipinski definition) is 6. The number of carbonyl (C=O) groups is 1. The van der Waals surface area contributed by atoms with E-state index in [1.165, 1.54) is 0 Å². The van der Waals surface area contributed by atoms with Gasteiger partial charge in [-0.3, -0.25) is 0 Å². The van der Waals surface area contributed by atoms with Crippen LogP contribution in [-0.4, -0.2) is 49.4 Å². The fraction of sp³-hybridized carbons (Fsp3) is 0.500. The Morgan fingerprint density at radius 3 is 2.94 bits per heavy atom. The van der Waals surface area contributed by atoms with E-state index < -0.39 is 0 Å². The van der Waals surface area contributed by atoms with E-state index in [4.69, 9.17) is 5.11 Å². The Kier molecular flexibility index (Phi) is 6.53. The van der Waals surface area contributed by atoms with Gasteiger partial charge in [-0.25, -0.2) is 4.98 Å². The number of aliphatic hydroxyl groups is 1. The molecule has 0 aliphatic carbocycles. The van der Waals surface area contributed by atoms with E-state index in [2.05, 4.69) is 10.3 Å². The van der Waals surface area contributed by atoms with Gasteiger partial charge in [-0.1, -0.05) is 0 Å². The molecule has 1 aromatic heterocycles. The van der Waals surface area contributed by atoms with Crippen molar-refractivity contribution in [3.05, 3.63) is 12.3 Å². The highest BCUT2D eigenvalue weighted by molar-refractivity contribution is 7.99. The number of pyridine rings is 1. The van der Waals surface area contributed by atoms with E-state index in [9.17, 15) is 4.79 Å². The Balaban J connectivity index is 2.81. The molecule has 0 aliphatic heterocycles. The molecule has 2 N–H and O–H groups in total. The topological polar surface area (TPSA) is 65.5 Å². The van der Waals surface area contributed by atoms with Gasteiger partial charge in [0.25, 0.3) is 0 Å². The first-order valence-electron chi connectivity index (χ1n) is 5.77. The van der Waals surface area contributed by atoms with Crippen LogP contribution in [0.3, 0.4) is 0 Å². The van der Waals surface area contributed by atoms with Gasteiger partial charge in [0.2, 0.25) is 0 Å². The van der Waals surface area contributed by atoms with Crippen molar-refractivity contribution in [3.63, 3.8) is 0 Å². The maximum absolute atomic E-state index is 10.3. The lowest BCUT2D eigenvalue weighted by Crippen LogP contribution is -2.12. The summed E-state index contributed by atoms with van der Waals surface area (Å²) in [6.45, 7) is 0.553. The van der Waals surface area contributed by atoms with Gasteiger partial charge in [-0.05, 0) is 6.07 Å². The van der Waals surface area contributed by atoms with E-state index in [0.29, 0.717) is 13.0 Å². The van der Waals surface area contributed by atoms with Gasteiger partial charge in [0.05, 0.1) is 18.5 Å². The predicted molar refractivity (Wildman–Crippen MR) is 75.5 cm³/mol. The van der Waals surface area contributed by atoms with Crippen LogP contribution in [0.25, 0.3) is 0 Å². The SMILES string of the molecule is CN(C)c1cnc(NCCO)cc1SCCC=O. The molecule has 0 unspecified atom stereocenters. The first kappa shape index (κ1) is 14.8. The van der Waals surface area contributed by atoms with Gasteiger partial charge >= 0.3 is 0 Å². The van der Waals surface area contributed by atoms with Crippen LogP contribution in [0.1, 0.15) is 6.42 Å². The van der Waals surface area contributed by atoms with Gasteiger partial charge in [-0.15, -0.1) is 11.8 Å². The van der Waals surface area contributed by atoms with Crippen LogP contribution in [0.5, 0.6) is 0 Å². The number of nitrogens with zero attached hydrogens (tertiary/aromatic N) is 2. The van der Waals surface area contributed by atoms with E-state index >= 15 is 0 Å². The summed E-state index contributed by atoms with van der Waals surface area (Å²) in [4.78, 5) is 17.7. The lowest BCUT2D eigenvalue weighted by molar-refractivity contribution is -0.107. The van der Waals surface area contributed by atoms with Crippen molar-refractivity contribution >= 4 is 29.6 Å². The minimum atomic E-state index is 0.0741. The van der Waals surface area contributed by atoms with E-state index in [1.807, 2.05) is 25.1 Å². The number of nitrogens with one attached hydrogen (secondary N) is 1. The quantitative estimate of drug-likeness (QED) is 0.420. The molecule has 100 valence electrons. The Morgan fingerprint density at radius 2 is 2.33 bits per heavy atom. The van der Waals surface area contributed by atoms with E-state index in [1.54, 1.807) is 18.0 Å². The molecule has 18 heavy (non-hydrogen) atoms. The summed E-state index contributed by atoms with van der Waals surface area (Å²) in [5.74, 6) is 1.50. The summed E-state index contributed by atoms with van der Waals surface area (Å²) in [5.41, 5.74) is 1.03. The fourth-order valence-corrected chi connectivity index (χ4v) is 2.39. The van der Waals surface area contributed by atoms with Gasteiger partial charge in [0, 0.05) is 37.7 Å². The number of aromatic nitrogens is 1. The number of aliphatic hydroxyl groups excluding tert-OH is 1. The molecule has 1 aromatic rings. The number of rotatable bonds is 8. The molecule has 0 saturated heterocycles. The van der Waals surface area contributed by atoms with Crippen LogP contribution in [0.15, 0.2) is 17.2 Å². The molecule has 0 amide bonds. The highest BCUT2D eigenvalue weighted by Gasteiger charge is 2.07. The molecule has 0 bridgehead atoms. The molecular weight excluding hydrogens is 250 g/mol. The molecule has 1 heterocycles. The first-order chi connectivity index (χ1) is 8.69. The van der Waals surface area contributed by atoms with Crippen molar-refractivity contribution in [2.75, 3.05) is 43.2 Å². The number of hydrogen-bond donors (Lipinski definition) is 2. The van der Waals surface area contributed by atoms with E-state index in [0.717, 1.165) is 28.4 Å². The Labute approximate surface area is 112 Å². The van der Waals surface area contributed by atoms with Crippen LogP contribution < -0.4 is 10.2 Å². The number of anilines is 2. The largest absolute Gasteiger partial charge is 0.395 e. The average Bonchev–Trinajstić information content (AvgIpc) is 2.36. The van der Waals surface area contributed by atoms with Gasteiger partial charge in [0.15, 0.2) is 0 Å². The van der Waals surface area contributed by atoms with Crippen LogP contribution in [0.4, 0.5) is 11.5 Å². The van der Waals surface area contributed by atoms with Crippen molar-refractivity contribution in [3.8, 4) is 0 Å². The minimum absolute atomic E-state index is 0.0741. The predicted octanol–water partition coefficient (Wildman–Crippen LogP) is 1.23. The Hall–Kier alpha value is -1.27. The minimum Gasteiger partial charge on any atom is -0.395 e. The van der Waals surface area contributed by atoms with Gasteiger partial charge in [0.1, 0.15) is 12.1 Å². The van der Waals surface area contributed by atoms with Crippen molar-refractivity contribution in [1.82, 2.24) is 4.98 Å². The molecule has 0 fully saturated rings. The third-order valence-corrected chi connectivity index (χ3v) is 3.32. The van der Waals surface area contributed by atoms with Crippen molar-refractivity contribution in [1.29, 1.82) is 0 Å². The third kappa shape index (κ3) is 4.54. The molecular formula is C12H19N3O2S. The zero-order valence-electron chi connectivity index (χ0n) is 10.7. The highest BCUT2D eigenvalue weighted by Crippen LogP contribution is 2.30. The van der Waals surface area contributed by atoms with Crippen LogP contribution in [-0.2, 0) is 4.79 Å². The molecule has 0 atom stereocenters. The second-order valence-electron chi connectivity index (χ2n) is 3.89. The van der Waals surface area contributed by atoms with Gasteiger partial charge < -0.3 is 20.1 Å². The first-order valence-corrected chi connectivity index (χ1v) is 6.76. The number of carbonyl (C=O) groups excluding carboxylic acids is 1. The molecule has 0 saturated carbocycles. The molecule has 0 aliphatic rings. The zero-order valence-corrected chi connectivity index (χ0v) is 11.5. The summed E-state index contributed by atoms with van der Waals surface area (Å²) >= 11 is 1.63. The second-order valence-corrected chi connectivity index (χ2v) is 5.02. The third-order valence-electron chi connectivity index (χ3n) is 2.24. The fourth-order valence-electron chi connectivity index (χ4n) is 1.38. The summed E-state index contributed by atoms with van der Waals surface area (Å²) in [5, 5.41) is 11.8. The Bertz CT molecular complexity index is 386. The van der Waals surface area contributed by atoms with Crippen LogP contribution in [0, 0.1) is 0 Å². The van der Waals surface area contributed by atoms with Crippen molar-refractivity contribution < 1.29 is 9.90 Å². The van der Waals surface area contributed by atoms with Crippen LogP contribution in [0.2, 0.25) is 0 Å². The lowest BCUT2D eigenvalue weighted by Gasteiger charge is -2.17. The molecule has 6 heteroatoms. The van der Waals surface area contributed by atoms with Crippen LogP contribution >= 0.6 is 11.8 Å². The van der Waals surface area contributed by atoms with Gasteiger partial charge in [-0.2, -0.15) is 0 Å². The number of aldehydes is 1. The van der Waals surface area contributed by atoms with E-state index in [-0.39, 0.29) is 6.61 Å². The van der Waals surface area contributed by atoms with Crippen molar-refractivity contribution in [2.45, 2.75) is 11.3 Å². The molecule has 1 rings (SSSR count).